The number of hydrazone groups is 1. The number of hydrogen-bond acceptors (Lipinski definition) is 5. The van der Waals surface area contributed by atoms with Crippen molar-refractivity contribution in [2.45, 2.75) is 6.92 Å². The van der Waals surface area contributed by atoms with Crippen molar-refractivity contribution in [1.29, 1.82) is 0 Å². The first-order chi connectivity index (χ1) is 12.3. The number of nitrogens with one attached hydrogen (secondary N) is 1. The van der Waals surface area contributed by atoms with Gasteiger partial charge in [0.25, 0.3) is 0 Å². The third-order valence-corrected chi connectivity index (χ3v) is 4.64. The second-order valence-electron chi connectivity index (χ2n) is 5.68. The molecule has 5 heteroatoms. The summed E-state index contributed by atoms with van der Waals surface area (Å²) >= 11 is 1.54. The molecule has 4 rings (SSSR count). The first-order valence-electron chi connectivity index (χ1n) is 7.95. The second-order valence-corrected chi connectivity index (χ2v) is 6.54. The van der Waals surface area contributed by atoms with E-state index in [4.69, 9.17) is 4.98 Å². The highest BCUT2D eigenvalue weighted by Gasteiger charge is 2.02. The maximum absolute atomic E-state index is 4.78. The highest BCUT2D eigenvalue weighted by atomic mass is 32.1. The molecule has 1 N–H and O–H groups in total. The van der Waals surface area contributed by atoms with Crippen LogP contribution in [0.25, 0.3) is 22.2 Å². The summed E-state index contributed by atoms with van der Waals surface area (Å²) < 4.78 is 0. The van der Waals surface area contributed by atoms with Gasteiger partial charge in [-0.2, -0.15) is 5.10 Å². The summed E-state index contributed by atoms with van der Waals surface area (Å²) in [6.45, 7) is 1.96. The maximum Gasteiger partial charge on any atom is 0.203 e. The number of hydrogen-bond donors (Lipinski definition) is 1. The van der Waals surface area contributed by atoms with Gasteiger partial charge in [0.2, 0.25) is 5.13 Å². The van der Waals surface area contributed by atoms with Crippen molar-refractivity contribution < 1.29 is 0 Å². The fourth-order valence-electron chi connectivity index (χ4n) is 2.55. The van der Waals surface area contributed by atoms with E-state index in [1.807, 2.05) is 42.6 Å². The van der Waals surface area contributed by atoms with Gasteiger partial charge in [-0.25, -0.2) is 9.97 Å². The zero-order valence-electron chi connectivity index (χ0n) is 13.7. The number of nitrogens with zero attached hydrogens (tertiary/aromatic N) is 3. The minimum absolute atomic E-state index is 0.791. The lowest BCUT2D eigenvalue weighted by atomic mass is 10.1. The molecule has 2 aromatic heterocycles. The fraction of sp³-hybridized carbons (Fsp3) is 0.0500. The number of aryl methyl sites for hydroxylation is 1. The summed E-state index contributed by atoms with van der Waals surface area (Å²) in [4.78, 5) is 9.10. The van der Waals surface area contributed by atoms with E-state index in [1.165, 1.54) is 11.3 Å². The third-order valence-electron chi connectivity index (χ3n) is 3.78. The van der Waals surface area contributed by atoms with Crippen LogP contribution in [0.4, 0.5) is 5.13 Å². The van der Waals surface area contributed by atoms with Gasteiger partial charge in [-0.05, 0) is 24.6 Å². The molecule has 2 aromatic carbocycles. The van der Waals surface area contributed by atoms with Crippen molar-refractivity contribution in [3.8, 4) is 11.3 Å². The van der Waals surface area contributed by atoms with E-state index in [0.29, 0.717) is 0 Å². The molecule has 4 nitrogen and oxygen atoms in total. The lowest BCUT2D eigenvalue weighted by molar-refractivity contribution is 1.22. The lowest BCUT2D eigenvalue weighted by Crippen LogP contribution is -1.91. The molecular weight excluding hydrogens is 328 g/mol. The van der Waals surface area contributed by atoms with Crippen LogP contribution in [0.2, 0.25) is 0 Å². The van der Waals surface area contributed by atoms with Crippen LogP contribution in [0.15, 0.2) is 71.1 Å². The maximum atomic E-state index is 4.78. The highest BCUT2D eigenvalue weighted by Crippen LogP contribution is 2.21. The van der Waals surface area contributed by atoms with Gasteiger partial charge in [0, 0.05) is 16.3 Å². The number of fused-ring (bicyclic) bond motifs is 1. The third kappa shape index (κ3) is 3.56. The molecular formula is C20H16N4S. The summed E-state index contributed by atoms with van der Waals surface area (Å²) in [6, 6.07) is 20.5. The Morgan fingerprint density at radius 1 is 1.00 bits per heavy atom. The van der Waals surface area contributed by atoms with Crippen molar-refractivity contribution in [1.82, 2.24) is 9.97 Å². The van der Waals surface area contributed by atoms with Crippen LogP contribution < -0.4 is 5.43 Å². The Hall–Kier alpha value is -3.05. The average molecular weight is 344 g/mol. The molecule has 0 fully saturated rings. The number of benzene rings is 2. The number of pyridine rings is 1. The Balaban J connectivity index is 1.60. The smallest absolute Gasteiger partial charge is 0.203 e. The molecule has 0 amide bonds. The summed E-state index contributed by atoms with van der Waals surface area (Å²) in [5.41, 5.74) is 7.98. The SMILES string of the molecule is Cc1csc(NN=Cc2ccc3ccc(-c4ccccc4)nc3c2)n1. The predicted octanol–water partition coefficient (Wildman–Crippen LogP) is 5.11. The van der Waals surface area contributed by atoms with Crippen LogP contribution in [0.1, 0.15) is 11.3 Å². The molecule has 0 unspecified atom stereocenters. The van der Waals surface area contributed by atoms with E-state index in [0.717, 1.165) is 38.5 Å². The van der Waals surface area contributed by atoms with Crippen LogP contribution in [-0.4, -0.2) is 16.2 Å². The predicted molar refractivity (Wildman–Crippen MR) is 105 cm³/mol. The highest BCUT2D eigenvalue weighted by molar-refractivity contribution is 7.13. The standard InChI is InChI=1S/C20H16N4S/c1-14-13-25-20(22-14)24-21-12-15-7-8-17-9-10-18(23-19(17)11-15)16-5-3-2-4-6-16/h2-13H,1H3,(H,22,24). The number of anilines is 1. The van der Waals surface area contributed by atoms with E-state index in [1.54, 1.807) is 6.21 Å². The van der Waals surface area contributed by atoms with E-state index >= 15 is 0 Å². The average Bonchev–Trinajstić information content (AvgIpc) is 3.07. The Morgan fingerprint density at radius 3 is 2.64 bits per heavy atom. The topological polar surface area (TPSA) is 50.2 Å². The van der Waals surface area contributed by atoms with Crippen LogP contribution in [0.5, 0.6) is 0 Å². The van der Waals surface area contributed by atoms with Crippen molar-refractivity contribution in [2.75, 3.05) is 5.43 Å². The molecule has 0 bridgehead atoms. The molecule has 0 aliphatic carbocycles. The van der Waals surface area contributed by atoms with E-state index in [9.17, 15) is 0 Å². The Kier molecular flexibility index (Phi) is 4.23. The van der Waals surface area contributed by atoms with E-state index in [-0.39, 0.29) is 0 Å². The normalized spacial score (nSPS) is 11.2. The van der Waals surface area contributed by atoms with Crippen LogP contribution in [-0.2, 0) is 0 Å². The molecule has 0 spiro atoms. The second kappa shape index (κ2) is 6.83. The Bertz CT molecular complexity index is 1040. The summed E-state index contributed by atoms with van der Waals surface area (Å²) in [5.74, 6) is 0. The molecule has 0 aliphatic rings. The van der Waals surface area contributed by atoms with Gasteiger partial charge in [-0.3, -0.25) is 5.43 Å². The first-order valence-corrected chi connectivity index (χ1v) is 8.83. The molecule has 0 aliphatic heterocycles. The van der Waals surface area contributed by atoms with Crippen molar-refractivity contribution in [2.24, 2.45) is 5.10 Å². The van der Waals surface area contributed by atoms with Crippen molar-refractivity contribution >= 4 is 33.6 Å². The summed E-state index contributed by atoms with van der Waals surface area (Å²) in [6.07, 6.45) is 1.78. The molecule has 0 radical (unpaired) electrons. The quantitative estimate of drug-likeness (QED) is 0.413. The van der Waals surface area contributed by atoms with Gasteiger partial charge in [0.15, 0.2) is 0 Å². The largest absolute Gasteiger partial charge is 0.253 e. The monoisotopic (exact) mass is 344 g/mol. The van der Waals surface area contributed by atoms with Gasteiger partial charge >= 0.3 is 0 Å². The number of rotatable bonds is 4. The molecule has 0 saturated carbocycles. The molecule has 4 aromatic rings. The van der Waals surface area contributed by atoms with Gasteiger partial charge < -0.3 is 0 Å². The van der Waals surface area contributed by atoms with Gasteiger partial charge in [-0.1, -0.05) is 48.5 Å². The molecule has 0 saturated heterocycles. The number of thiazole rings is 1. The van der Waals surface area contributed by atoms with Gasteiger partial charge in [0.1, 0.15) is 0 Å². The van der Waals surface area contributed by atoms with Crippen LogP contribution in [0.3, 0.4) is 0 Å². The lowest BCUT2D eigenvalue weighted by Gasteiger charge is -2.04. The Morgan fingerprint density at radius 2 is 1.84 bits per heavy atom. The molecule has 2 heterocycles. The Labute approximate surface area is 149 Å². The first kappa shape index (κ1) is 15.5. The zero-order valence-corrected chi connectivity index (χ0v) is 14.5. The summed E-state index contributed by atoms with van der Waals surface area (Å²) in [5, 5.41) is 8.15. The van der Waals surface area contributed by atoms with E-state index in [2.05, 4.69) is 45.8 Å². The van der Waals surface area contributed by atoms with Gasteiger partial charge in [-0.15, -0.1) is 11.3 Å². The molecule has 25 heavy (non-hydrogen) atoms. The molecule has 122 valence electrons. The molecule has 0 atom stereocenters. The fourth-order valence-corrected chi connectivity index (χ4v) is 3.19. The van der Waals surface area contributed by atoms with Gasteiger partial charge in [0.05, 0.1) is 23.1 Å². The van der Waals surface area contributed by atoms with Crippen molar-refractivity contribution in [3.05, 3.63) is 77.3 Å². The minimum Gasteiger partial charge on any atom is -0.253 e. The van der Waals surface area contributed by atoms with Crippen LogP contribution >= 0.6 is 11.3 Å². The van der Waals surface area contributed by atoms with Crippen molar-refractivity contribution in [3.63, 3.8) is 0 Å². The zero-order chi connectivity index (χ0) is 17.1. The summed E-state index contributed by atoms with van der Waals surface area (Å²) in [7, 11) is 0. The number of aromatic nitrogens is 2. The van der Waals surface area contributed by atoms with Crippen LogP contribution in [0, 0.1) is 6.92 Å². The van der Waals surface area contributed by atoms with E-state index < -0.39 is 0 Å². The minimum atomic E-state index is 0.791.